The fourth-order valence-electron chi connectivity index (χ4n) is 4.01. The van der Waals surface area contributed by atoms with Crippen molar-refractivity contribution in [3.63, 3.8) is 0 Å². The van der Waals surface area contributed by atoms with Crippen LogP contribution in [0.2, 0.25) is 0 Å². The Kier molecular flexibility index (Phi) is 4.84. The lowest BCUT2D eigenvalue weighted by molar-refractivity contribution is 0.182. The Bertz CT molecular complexity index is 1440. The lowest BCUT2D eigenvalue weighted by atomic mass is 10.1. The molecule has 0 spiro atoms. The number of halogens is 1. The third kappa shape index (κ3) is 3.62. The van der Waals surface area contributed by atoms with E-state index in [0.29, 0.717) is 54.7 Å². The van der Waals surface area contributed by atoms with E-state index in [1.54, 1.807) is 30.5 Å². The third-order valence-electron chi connectivity index (χ3n) is 5.65. The van der Waals surface area contributed by atoms with Gasteiger partial charge < -0.3 is 9.97 Å². The number of nitrogens with zero attached hydrogens (tertiary/aromatic N) is 3. The summed E-state index contributed by atoms with van der Waals surface area (Å²) in [5.41, 5.74) is 2.19. The molecule has 8 nitrogen and oxygen atoms in total. The fraction of sp³-hybridized carbons (Fsp3) is 0.238. The zero-order valence-corrected chi connectivity index (χ0v) is 17.3. The van der Waals surface area contributed by atoms with Crippen molar-refractivity contribution in [2.24, 2.45) is 0 Å². The molecule has 10 heteroatoms. The first-order valence-corrected chi connectivity index (χ1v) is 11.3. The van der Waals surface area contributed by atoms with E-state index in [0.717, 1.165) is 5.56 Å². The molecule has 0 aliphatic carbocycles. The molecule has 1 aliphatic heterocycles. The van der Waals surface area contributed by atoms with Crippen LogP contribution in [-0.2, 0) is 16.6 Å². The van der Waals surface area contributed by atoms with Gasteiger partial charge in [-0.15, -0.1) is 0 Å². The van der Waals surface area contributed by atoms with Crippen molar-refractivity contribution in [2.75, 3.05) is 26.2 Å². The molecule has 0 radical (unpaired) electrons. The Morgan fingerprint density at radius 1 is 1.00 bits per heavy atom. The SMILES string of the molecule is O=c1[nH]c2ccc(S(=O)(=O)N3CCN(Cc4ccc(F)c5cccnc45)CC3)cc2[nH]1. The molecule has 1 saturated heterocycles. The quantitative estimate of drug-likeness (QED) is 0.505. The number of aromatic amines is 2. The van der Waals surface area contributed by atoms with E-state index >= 15 is 0 Å². The molecule has 0 atom stereocenters. The number of hydrogen-bond acceptors (Lipinski definition) is 5. The molecule has 5 rings (SSSR count). The molecule has 0 saturated carbocycles. The van der Waals surface area contributed by atoms with Crippen molar-refractivity contribution >= 4 is 32.0 Å². The number of nitrogens with one attached hydrogen (secondary N) is 2. The molecule has 31 heavy (non-hydrogen) atoms. The van der Waals surface area contributed by atoms with Crippen molar-refractivity contribution < 1.29 is 12.8 Å². The number of H-pyrrole nitrogens is 2. The summed E-state index contributed by atoms with van der Waals surface area (Å²) >= 11 is 0. The first-order valence-electron chi connectivity index (χ1n) is 9.88. The van der Waals surface area contributed by atoms with Crippen LogP contribution in [0.15, 0.2) is 58.4 Å². The van der Waals surface area contributed by atoms with Crippen molar-refractivity contribution in [3.8, 4) is 0 Å². The van der Waals surface area contributed by atoms with Gasteiger partial charge in [0.1, 0.15) is 5.82 Å². The maximum absolute atomic E-state index is 14.0. The van der Waals surface area contributed by atoms with Gasteiger partial charge in [-0.1, -0.05) is 6.07 Å². The Morgan fingerprint density at radius 3 is 2.58 bits per heavy atom. The molecule has 2 aromatic carbocycles. The second-order valence-electron chi connectivity index (χ2n) is 7.57. The minimum atomic E-state index is -3.67. The number of sulfonamides is 1. The summed E-state index contributed by atoms with van der Waals surface area (Å²) in [5, 5.41) is 0.486. The molecule has 0 amide bonds. The van der Waals surface area contributed by atoms with Gasteiger partial charge in [-0.2, -0.15) is 4.31 Å². The second-order valence-corrected chi connectivity index (χ2v) is 9.51. The summed E-state index contributed by atoms with van der Waals surface area (Å²) in [5.74, 6) is -0.302. The summed E-state index contributed by atoms with van der Waals surface area (Å²) in [6.07, 6.45) is 1.64. The Morgan fingerprint density at radius 2 is 1.77 bits per heavy atom. The molecule has 0 unspecified atom stereocenters. The molecule has 0 bridgehead atoms. The highest BCUT2D eigenvalue weighted by Gasteiger charge is 2.29. The lowest BCUT2D eigenvalue weighted by Gasteiger charge is -2.34. The number of pyridine rings is 1. The van der Waals surface area contributed by atoms with E-state index < -0.39 is 10.0 Å². The Labute approximate surface area is 177 Å². The van der Waals surface area contributed by atoms with Crippen molar-refractivity contribution in [1.29, 1.82) is 0 Å². The maximum Gasteiger partial charge on any atom is 0.323 e. The molecule has 1 aliphatic rings. The molecular weight excluding hydrogens is 421 g/mol. The summed E-state index contributed by atoms with van der Waals surface area (Å²) < 4.78 is 41.6. The monoisotopic (exact) mass is 441 g/mol. The van der Waals surface area contributed by atoms with Gasteiger partial charge in [-0.25, -0.2) is 17.6 Å². The number of aromatic nitrogens is 3. The van der Waals surface area contributed by atoms with Gasteiger partial charge in [-0.05, 0) is 42.0 Å². The van der Waals surface area contributed by atoms with Gasteiger partial charge in [0.25, 0.3) is 0 Å². The maximum atomic E-state index is 14.0. The number of fused-ring (bicyclic) bond motifs is 2. The van der Waals surface area contributed by atoms with Crippen LogP contribution in [0.4, 0.5) is 4.39 Å². The highest BCUT2D eigenvalue weighted by Crippen LogP contribution is 2.24. The van der Waals surface area contributed by atoms with E-state index in [-0.39, 0.29) is 16.4 Å². The number of piperazine rings is 1. The molecule has 160 valence electrons. The zero-order chi connectivity index (χ0) is 21.6. The third-order valence-corrected chi connectivity index (χ3v) is 7.55. The van der Waals surface area contributed by atoms with E-state index in [9.17, 15) is 17.6 Å². The predicted molar refractivity (Wildman–Crippen MR) is 115 cm³/mol. The van der Waals surface area contributed by atoms with Gasteiger partial charge in [-0.3, -0.25) is 9.88 Å². The van der Waals surface area contributed by atoms with Crippen LogP contribution >= 0.6 is 0 Å². The van der Waals surface area contributed by atoms with E-state index in [1.807, 2.05) is 0 Å². The molecule has 4 aromatic rings. The topological polar surface area (TPSA) is 102 Å². The number of rotatable bonds is 4. The molecule has 1 fully saturated rings. The highest BCUT2D eigenvalue weighted by atomic mass is 32.2. The number of imidazole rings is 1. The minimum absolute atomic E-state index is 0.150. The molecule has 2 N–H and O–H groups in total. The summed E-state index contributed by atoms with van der Waals surface area (Å²) in [7, 11) is -3.67. The van der Waals surface area contributed by atoms with Crippen molar-refractivity contribution in [2.45, 2.75) is 11.4 Å². The van der Waals surface area contributed by atoms with Crippen molar-refractivity contribution in [1.82, 2.24) is 24.2 Å². The van der Waals surface area contributed by atoms with Crippen LogP contribution < -0.4 is 5.69 Å². The van der Waals surface area contributed by atoms with Gasteiger partial charge >= 0.3 is 5.69 Å². The lowest BCUT2D eigenvalue weighted by Crippen LogP contribution is -2.48. The molecule has 3 heterocycles. The summed E-state index contributed by atoms with van der Waals surface area (Å²) in [6.45, 7) is 2.35. The highest BCUT2D eigenvalue weighted by molar-refractivity contribution is 7.89. The largest absolute Gasteiger partial charge is 0.323 e. The van der Waals surface area contributed by atoms with Crippen molar-refractivity contribution in [3.05, 3.63) is 70.5 Å². The van der Waals surface area contributed by atoms with Crippen LogP contribution in [0.1, 0.15) is 5.56 Å². The van der Waals surface area contributed by atoms with Crippen LogP contribution in [-0.4, -0.2) is 58.8 Å². The second kappa shape index (κ2) is 7.56. The van der Waals surface area contributed by atoms with Gasteiger partial charge in [0.15, 0.2) is 0 Å². The van der Waals surface area contributed by atoms with Gasteiger partial charge in [0, 0.05) is 44.3 Å². The van der Waals surface area contributed by atoms with E-state index in [4.69, 9.17) is 0 Å². The van der Waals surface area contributed by atoms with Crippen LogP contribution in [0.3, 0.4) is 0 Å². The summed E-state index contributed by atoms with van der Waals surface area (Å²) in [4.78, 5) is 23.3. The fourth-order valence-corrected chi connectivity index (χ4v) is 5.46. The van der Waals surface area contributed by atoms with Gasteiger partial charge in [0.2, 0.25) is 10.0 Å². The first kappa shape index (κ1) is 19.9. The molecule has 2 aromatic heterocycles. The van der Waals surface area contributed by atoms with Crippen LogP contribution in [0, 0.1) is 5.82 Å². The Balaban J connectivity index is 1.32. The number of benzene rings is 2. The predicted octanol–water partition coefficient (Wildman–Crippen LogP) is 2.05. The Hall–Kier alpha value is -3.08. The first-order chi connectivity index (χ1) is 14.9. The van der Waals surface area contributed by atoms with Crippen LogP contribution in [0.25, 0.3) is 21.9 Å². The zero-order valence-electron chi connectivity index (χ0n) is 16.5. The van der Waals surface area contributed by atoms with Crippen LogP contribution in [0.5, 0.6) is 0 Å². The standard InChI is InChI=1S/C21H20FN5O3S/c22-17-5-3-14(20-16(17)2-1-7-23-20)13-26-8-10-27(11-9-26)31(29,30)15-4-6-18-19(12-15)25-21(28)24-18/h1-7,12H,8-11,13H2,(H2,24,25,28). The number of hydrogen-bond donors (Lipinski definition) is 2. The average Bonchev–Trinajstić information content (AvgIpc) is 3.15. The smallest absolute Gasteiger partial charge is 0.306 e. The van der Waals surface area contributed by atoms with E-state index in [2.05, 4.69) is 19.9 Å². The summed E-state index contributed by atoms with van der Waals surface area (Å²) in [6, 6.07) is 11.2. The van der Waals surface area contributed by atoms with Gasteiger partial charge in [0.05, 0.1) is 21.4 Å². The normalized spacial score (nSPS) is 16.3. The molecular formula is C21H20FN5O3S. The van der Waals surface area contributed by atoms with E-state index in [1.165, 1.54) is 22.5 Å². The minimum Gasteiger partial charge on any atom is -0.306 e. The average molecular weight is 441 g/mol.